The largest absolute Gasteiger partial charge is 0.485 e. The first-order valence-corrected chi connectivity index (χ1v) is 10.3. The standard InChI is InChI=1S/C19H32O3S/c1-2-3-4-5-6-7-8-9-10-11-12-20-13-17-14-21-18-15-23-16-19(18)22-17/h15-17H,2-14H2,1H3. The van der Waals surface area contributed by atoms with E-state index in [0.717, 1.165) is 24.5 Å². The van der Waals surface area contributed by atoms with Crippen LogP contribution >= 0.6 is 11.3 Å². The normalized spacial score (nSPS) is 16.7. The molecular formula is C19H32O3S. The van der Waals surface area contributed by atoms with Crippen LogP contribution in [0.1, 0.15) is 71.1 Å². The zero-order valence-electron chi connectivity index (χ0n) is 14.6. The molecule has 132 valence electrons. The first-order chi connectivity index (χ1) is 11.4. The van der Waals surface area contributed by atoms with Crippen molar-refractivity contribution in [2.75, 3.05) is 19.8 Å². The summed E-state index contributed by atoms with van der Waals surface area (Å²) in [6, 6.07) is 0. The van der Waals surface area contributed by atoms with Crippen LogP contribution in [0.4, 0.5) is 0 Å². The summed E-state index contributed by atoms with van der Waals surface area (Å²) in [6.45, 7) is 4.34. The van der Waals surface area contributed by atoms with Crippen molar-refractivity contribution in [2.45, 2.75) is 77.2 Å². The number of hydrogen-bond acceptors (Lipinski definition) is 4. The van der Waals surface area contributed by atoms with E-state index in [9.17, 15) is 0 Å². The summed E-state index contributed by atoms with van der Waals surface area (Å²) in [5.41, 5.74) is 0. The molecule has 0 saturated heterocycles. The predicted molar refractivity (Wildman–Crippen MR) is 96.9 cm³/mol. The second-order valence-corrected chi connectivity index (χ2v) is 7.15. The molecule has 0 bridgehead atoms. The van der Waals surface area contributed by atoms with E-state index in [1.54, 1.807) is 11.3 Å². The van der Waals surface area contributed by atoms with Crippen LogP contribution in [0.3, 0.4) is 0 Å². The highest BCUT2D eigenvalue weighted by Crippen LogP contribution is 2.35. The Balaban J connectivity index is 1.35. The lowest BCUT2D eigenvalue weighted by molar-refractivity contribution is 0.00842. The average Bonchev–Trinajstić information content (AvgIpc) is 3.03. The molecular weight excluding hydrogens is 308 g/mol. The highest BCUT2D eigenvalue weighted by molar-refractivity contribution is 7.08. The number of rotatable bonds is 13. The third-order valence-corrected chi connectivity index (χ3v) is 4.96. The van der Waals surface area contributed by atoms with Gasteiger partial charge in [0.25, 0.3) is 0 Å². The van der Waals surface area contributed by atoms with Gasteiger partial charge >= 0.3 is 0 Å². The summed E-state index contributed by atoms with van der Waals surface area (Å²) in [7, 11) is 0. The molecule has 1 aromatic heterocycles. The first-order valence-electron chi connectivity index (χ1n) is 9.33. The molecule has 0 aromatic carbocycles. The Morgan fingerprint density at radius 3 is 2.35 bits per heavy atom. The highest BCUT2D eigenvalue weighted by Gasteiger charge is 2.21. The van der Waals surface area contributed by atoms with Crippen LogP contribution in [-0.2, 0) is 4.74 Å². The number of ether oxygens (including phenoxy) is 3. The molecule has 1 atom stereocenters. The summed E-state index contributed by atoms with van der Waals surface area (Å²) in [6.07, 6.45) is 13.6. The van der Waals surface area contributed by atoms with Crippen molar-refractivity contribution in [3.05, 3.63) is 10.8 Å². The van der Waals surface area contributed by atoms with Crippen molar-refractivity contribution >= 4 is 11.3 Å². The van der Waals surface area contributed by atoms with Crippen LogP contribution in [0.15, 0.2) is 10.8 Å². The fourth-order valence-corrected chi connectivity index (χ4v) is 3.52. The molecule has 1 aromatic rings. The van der Waals surface area contributed by atoms with E-state index >= 15 is 0 Å². The molecule has 0 N–H and O–H groups in total. The van der Waals surface area contributed by atoms with E-state index < -0.39 is 0 Å². The minimum atomic E-state index is 0.0419. The van der Waals surface area contributed by atoms with Crippen LogP contribution in [-0.4, -0.2) is 25.9 Å². The monoisotopic (exact) mass is 340 g/mol. The van der Waals surface area contributed by atoms with Crippen molar-refractivity contribution in [3.63, 3.8) is 0 Å². The van der Waals surface area contributed by atoms with Gasteiger partial charge in [0.1, 0.15) is 6.61 Å². The number of thiophene rings is 1. The molecule has 0 spiro atoms. The summed E-state index contributed by atoms with van der Waals surface area (Å²) in [4.78, 5) is 0. The molecule has 0 amide bonds. The van der Waals surface area contributed by atoms with Gasteiger partial charge in [-0.15, -0.1) is 11.3 Å². The van der Waals surface area contributed by atoms with Crippen molar-refractivity contribution in [1.29, 1.82) is 0 Å². The van der Waals surface area contributed by atoms with E-state index in [1.165, 1.54) is 57.8 Å². The topological polar surface area (TPSA) is 27.7 Å². The SMILES string of the molecule is CCCCCCCCCCCCOCC1COc2cscc2O1. The van der Waals surface area contributed by atoms with Gasteiger partial charge in [-0.1, -0.05) is 64.7 Å². The van der Waals surface area contributed by atoms with Gasteiger partial charge in [-0.3, -0.25) is 0 Å². The Kier molecular flexibility index (Phi) is 9.49. The number of unbranched alkanes of at least 4 members (excludes halogenated alkanes) is 9. The maximum Gasteiger partial charge on any atom is 0.172 e. The fraction of sp³-hybridized carbons (Fsp3) is 0.789. The van der Waals surface area contributed by atoms with Crippen molar-refractivity contribution in [3.8, 4) is 11.5 Å². The van der Waals surface area contributed by atoms with E-state index in [0.29, 0.717) is 13.2 Å². The van der Waals surface area contributed by atoms with Gasteiger partial charge in [-0.2, -0.15) is 0 Å². The van der Waals surface area contributed by atoms with Gasteiger partial charge in [0.05, 0.1) is 6.61 Å². The Morgan fingerprint density at radius 2 is 1.61 bits per heavy atom. The van der Waals surface area contributed by atoms with Crippen LogP contribution < -0.4 is 9.47 Å². The van der Waals surface area contributed by atoms with Gasteiger partial charge in [0.2, 0.25) is 0 Å². The number of fused-ring (bicyclic) bond motifs is 1. The first kappa shape index (κ1) is 18.6. The molecule has 3 nitrogen and oxygen atoms in total. The zero-order chi connectivity index (χ0) is 16.2. The quantitative estimate of drug-likeness (QED) is 0.423. The lowest BCUT2D eigenvalue weighted by Crippen LogP contribution is -2.33. The minimum absolute atomic E-state index is 0.0419. The van der Waals surface area contributed by atoms with Gasteiger partial charge in [-0.05, 0) is 6.42 Å². The molecule has 2 rings (SSSR count). The van der Waals surface area contributed by atoms with Gasteiger partial charge in [-0.25, -0.2) is 0 Å². The minimum Gasteiger partial charge on any atom is -0.485 e. The molecule has 0 saturated carbocycles. The third kappa shape index (κ3) is 7.58. The summed E-state index contributed by atoms with van der Waals surface area (Å²) < 4.78 is 17.2. The molecule has 4 heteroatoms. The average molecular weight is 341 g/mol. The molecule has 0 fully saturated rings. The summed E-state index contributed by atoms with van der Waals surface area (Å²) >= 11 is 1.61. The lowest BCUT2D eigenvalue weighted by atomic mass is 10.1. The molecule has 1 unspecified atom stereocenters. The lowest BCUT2D eigenvalue weighted by Gasteiger charge is -2.24. The van der Waals surface area contributed by atoms with E-state index in [1.807, 2.05) is 10.8 Å². The fourth-order valence-electron chi connectivity index (χ4n) is 2.85. The molecule has 0 aliphatic carbocycles. The highest BCUT2D eigenvalue weighted by atomic mass is 32.1. The second kappa shape index (κ2) is 11.7. The molecule has 23 heavy (non-hydrogen) atoms. The smallest absolute Gasteiger partial charge is 0.172 e. The Labute approximate surface area is 145 Å². The molecule has 1 aliphatic rings. The van der Waals surface area contributed by atoms with Crippen molar-refractivity contribution < 1.29 is 14.2 Å². The maximum absolute atomic E-state index is 5.83. The Morgan fingerprint density at radius 1 is 0.957 bits per heavy atom. The van der Waals surface area contributed by atoms with Crippen molar-refractivity contribution in [2.24, 2.45) is 0 Å². The summed E-state index contributed by atoms with van der Waals surface area (Å²) in [5, 5.41) is 3.97. The van der Waals surface area contributed by atoms with Crippen LogP contribution in [0.2, 0.25) is 0 Å². The molecule has 2 heterocycles. The molecule has 0 radical (unpaired) electrons. The number of hydrogen-bond donors (Lipinski definition) is 0. The molecule has 1 aliphatic heterocycles. The van der Waals surface area contributed by atoms with Gasteiger partial charge in [0.15, 0.2) is 17.6 Å². The van der Waals surface area contributed by atoms with Crippen LogP contribution in [0.5, 0.6) is 11.5 Å². The van der Waals surface area contributed by atoms with Gasteiger partial charge < -0.3 is 14.2 Å². The Bertz CT molecular complexity index is 405. The second-order valence-electron chi connectivity index (χ2n) is 6.41. The van der Waals surface area contributed by atoms with Crippen molar-refractivity contribution in [1.82, 2.24) is 0 Å². The zero-order valence-corrected chi connectivity index (χ0v) is 15.4. The van der Waals surface area contributed by atoms with E-state index in [4.69, 9.17) is 14.2 Å². The van der Waals surface area contributed by atoms with E-state index in [2.05, 4.69) is 6.92 Å². The van der Waals surface area contributed by atoms with Gasteiger partial charge in [0, 0.05) is 17.4 Å². The van der Waals surface area contributed by atoms with Crippen LogP contribution in [0.25, 0.3) is 0 Å². The summed E-state index contributed by atoms with van der Waals surface area (Å²) in [5.74, 6) is 1.75. The third-order valence-electron chi connectivity index (χ3n) is 4.26. The maximum atomic E-state index is 5.83. The Hall–Kier alpha value is -0.740. The van der Waals surface area contributed by atoms with Crippen LogP contribution in [0, 0.1) is 0 Å². The van der Waals surface area contributed by atoms with E-state index in [-0.39, 0.29) is 6.10 Å². The predicted octanol–water partition coefficient (Wildman–Crippen LogP) is 5.83.